The number of hydrogen-bond acceptors (Lipinski definition) is 2. The van der Waals surface area contributed by atoms with Crippen LogP contribution in [0.1, 0.15) is 45.2 Å². The highest BCUT2D eigenvalue weighted by atomic mass is 19.2. The molecule has 0 aromatic heterocycles. The van der Waals surface area contributed by atoms with Crippen molar-refractivity contribution in [1.82, 2.24) is 5.43 Å². The molecule has 2 nitrogen and oxygen atoms in total. The van der Waals surface area contributed by atoms with E-state index in [-0.39, 0.29) is 11.5 Å². The van der Waals surface area contributed by atoms with E-state index >= 15 is 0 Å². The average molecular weight is 242 g/mol. The van der Waals surface area contributed by atoms with Crippen molar-refractivity contribution in [2.24, 2.45) is 11.3 Å². The van der Waals surface area contributed by atoms with Gasteiger partial charge < -0.3 is 0 Å². The monoisotopic (exact) mass is 242 g/mol. The van der Waals surface area contributed by atoms with Gasteiger partial charge in [-0.15, -0.1) is 0 Å². The number of hydrogen-bond donors (Lipinski definition) is 2. The van der Waals surface area contributed by atoms with Crippen LogP contribution in [0.2, 0.25) is 0 Å². The minimum atomic E-state index is -0.835. The molecule has 0 aliphatic rings. The van der Waals surface area contributed by atoms with Gasteiger partial charge in [-0.25, -0.2) is 8.78 Å². The lowest BCUT2D eigenvalue weighted by molar-refractivity contribution is 0.333. The molecule has 96 valence electrons. The van der Waals surface area contributed by atoms with Crippen molar-refractivity contribution in [3.63, 3.8) is 0 Å². The third-order valence-electron chi connectivity index (χ3n) is 2.73. The fourth-order valence-corrected chi connectivity index (χ4v) is 1.65. The summed E-state index contributed by atoms with van der Waals surface area (Å²) in [5, 5.41) is 0. The molecule has 0 fully saturated rings. The molecule has 1 unspecified atom stereocenters. The zero-order valence-corrected chi connectivity index (χ0v) is 10.6. The van der Waals surface area contributed by atoms with Gasteiger partial charge in [0.15, 0.2) is 11.6 Å². The molecule has 0 saturated heterocycles. The summed E-state index contributed by atoms with van der Waals surface area (Å²) in [7, 11) is 0. The Morgan fingerprint density at radius 2 is 1.88 bits per heavy atom. The van der Waals surface area contributed by atoms with E-state index < -0.39 is 11.6 Å². The largest absolute Gasteiger partial charge is 0.271 e. The van der Waals surface area contributed by atoms with Gasteiger partial charge in [0.2, 0.25) is 0 Å². The Hall–Kier alpha value is -1.00. The molecule has 1 aromatic rings. The molecule has 0 radical (unpaired) electrons. The van der Waals surface area contributed by atoms with Crippen molar-refractivity contribution in [1.29, 1.82) is 0 Å². The maximum Gasteiger partial charge on any atom is 0.159 e. The first kappa shape index (κ1) is 14.1. The molecule has 3 N–H and O–H groups in total. The van der Waals surface area contributed by atoms with E-state index in [1.165, 1.54) is 6.07 Å². The lowest BCUT2D eigenvalue weighted by Crippen LogP contribution is -2.29. The van der Waals surface area contributed by atoms with Crippen molar-refractivity contribution < 1.29 is 8.78 Å². The Labute approximate surface area is 101 Å². The van der Waals surface area contributed by atoms with Crippen molar-refractivity contribution in [2.45, 2.75) is 39.7 Å². The standard InChI is InChI=1S/C13H20F2N2/c1-13(2,3)7-6-12(17-16)9-4-5-10(14)11(15)8-9/h4-5,8,12,17H,6-7,16H2,1-3H3. The second-order valence-electron chi connectivity index (χ2n) is 5.49. The molecule has 1 aromatic carbocycles. The lowest BCUT2D eigenvalue weighted by atomic mass is 9.87. The topological polar surface area (TPSA) is 38.0 Å². The molecule has 0 aliphatic heterocycles. The van der Waals surface area contributed by atoms with E-state index in [1.54, 1.807) is 6.07 Å². The molecule has 1 rings (SSSR count). The number of rotatable bonds is 4. The highest BCUT2D eigenvalue weighted by molar-refractivity contribution is 5.21. The van der Waals surface area contributed by atoms with Crippen LogP contribution in [-0.4, -0.2) is 0 Å². The summed E-state index contributed by atoms with van der Waals surface area (Å²) in [6, 6.07) is 3.74. The predicted octanol–water partition coefficient (Wildman–Crippen LogP) is 3.30. The van der Waals surface area contributed by atoms with Gasteiger partial charge in [-0.3, -0.25) is 11.3 Å². The number of benzene rings is 1. The van der Waals surface area contributed by atoms with E-state index in [0.717, 1.165) is 18.9 Å². The number of nitrogens with one attached hydrogen (secondary N) is 1. The van der Waals surface area contributed by atoms with Crippen LogP contribution in [-0.2, 0) is 0 Å². The highest BCUT2D eigenvalue weighted by Gasteiger charge is 2.17. The van der Waals surface area contributed by atoms with Gasteiger partial charge in [0.1, 0.15) is 0 Å². The van der Waals surface area contributed by atoms with Gasteiger partial charge >= 0.3 is 0 Å². The lowest BCUT2D eigenvalue weighted by Gasteiger charge is -2.23. The van der Waals surface area contributed by atoms with Crippen molar-refractivity contribution in [3.8, 4) is 0 Å². The van der Waals surface area contributed by atoms with Crippen LogP contribution in [0.5, 0.6) is 0 Å². The molecule has 4 heteroatoms. The fourth-order valence-electron chi connectivity index (χ4n) is 1.65. The first-order chi connectivity index (χ1) is 7.83. The van der Waals surface area contributed by atoms with Crippen LogP contribution in [0.4, 0.5) is 8.78 Å². The van der Waals surface area contributed by atoms with Gasteiger partial charge in [0.25, 0.3) is 0 Å². The minimum Gasteiger partial charge on any atom is -0.271 e. The Morgan fingerprint density at radius 1 is 1.24 bits per heavy atom. The SMILES string of the molecule is CC(C)(C)CCC(NN)c1ccc(F)c(F)c1. The Morgan fingerprint density at radius 3 is 2.35 bits per heavy atom. The fraction of sp³-hybridized carbons (Fsp3) is 0.538. The van der Waals surface area contributed by atoms with Crippen molar-refractivity contribution in [3.05, 3.63) is 35.4 Å². The first-order valence-electron chi connectivity index (χ1n) is 5.74. The molecule has 0 spiro atoms. The van der Waals surface area contributed by atoms with Crippen LogP contribution < -0.4 is 11.3 Å². The summed E-state index contributed by atoms with van der Waals surface area (Å²) < 4.78 is 25.9. The van der Waals surface area contributed by atoms with Gasteiger partial charge in [-0.2, -0.15) is 0 Å². The van der Waals surface area contributed by atoms with E-state index in [4.69, 9.17) is 5.84 Å². The normalized spacial score (nSPS) is 13.8. The highest BCUT2D eigenvalue weighted by Crippen LogP contribution is 2.27. The van der Waals surface area contributed by atoms with Crippen LogP contribution in [0.25, 0.3) is 0 Å². The second kappa shape index (κ2) is 5.56. The Bertz CT molecular complexity index is 372. The van der Waals surface area contributed by atoms with Crippen LogP contribution in [0.3, 0.4) is 0 Å². The minimum absolute atomic E-state index is 0.149. The Balaban J connectivity index is 2.76. The van der Waals surface area contributed by atoms with E-state index in [1.807, 2.05) is 0 Å². The third kappa shape index (κ3) is 4.40. The maximum atomic E-state index is 13.1. The summed E-state index contributed by atoms with van der Waals surface area (Å²) in [5.74, 6) is 3.79. The Kier molecular flexibility index (Phi) is 4.60. The quantitative estimate of drug-likeness (QED) is 0.628. The predicted molar refractivity (Wildman–Crippen MR) is 65.1 cm³/mol. The zero-order valence-electron chi connectivity index (χ0n) is 10.6. The number of hydrazine groups is 1. The maximum absolute atomic E-state index is 13.1. The van der Waals surface area contributed by atoms with Crippen LogP contribution >= 0.6 is 0 Å². The number of nitrogens with two attached hydrogens (primary N) is 1. The van der Waals surface area contributed by atoms with Gasteiger partial charge in [0, 0.05) is 6.04 Å². The molecular weight excluding hydrogens is 222 g/mol. The molecule has 0 aliphatic carbocycles. The molecule has 1 atom stereocenters. The van der Waals surface area contributed by atoms with E-state index in [2.05, 4.69) is 26.2 Å². The van der Waals surface area contributed by atoms with E-state index in [9.17, 15) is 8.78 Å². The molecule has 0 amide bonds. The molecule has 0 heterocycles. The molecule has 17 heavy (non-hydrogen) atoms. The van der Waals surface area contributed by atoms with Crippen molar-refractivity contribution in [2.75, 3.05) is 0 Å². The zero-order chi connectivity index (χ0) is 13.1. The van der Waals surface area contributed by atoms with Gasteiger partial charge in [-0.1, -0.05) is 26.8 Å². The third-order valence-corrected chi connectivity index (χ3v) is 2.73. The van der Waals surface area contributed by atoms with Gasteiger partial charge in [-0.05, 0) is 36.0 Å². The van der Waals surface area contributed by atoms with Gasteiger partial charge in [0.05, 0.1) is 0 Å². The molecule has 0 bridgehead atoms. The summed E-state index contributed by atoms with van der Waals surface area (Å²) in [5.41, 5.74) is 3.51. The summed E-state index contributed by atoms with van der Waals surface area (Å²) in [6.07, 6.45) is 1.73. The molecular formula is C13H20F2N2. The van der Waals surface area contributed by atoms with Crippen LogP contribution in [0, 0.1) is 17.0 Å². The second-order valence-corrected chi connectivity index (χ2v) is 5.49. The first-order valence-corrected chi connectivity index (χ1v) is 5.74. The average Bonchev–Trinajstić information content (AvgIpc) is 2.22. The van der Waals surface area contributed by atoms with E-state index in [0.29, 0.717) is 5.56 Å². The smallest absolute Gasteiger partial charge is 0.159 e. The summed E-state index contributed by atoms with van der Waals surface area (Å²) >= 11 is 0. The molecule has 0 saturated carbocycles. The van der Waals surface area contributed by atoms with Crippen molar-refractivity contribution >= 4 is 0 Å². The number of halogens is 2. The summed E-state index contributed by atoms with van der Waals surface area (Å²) in [4.78, 5) is 0. The van der Waals surface area contributed by atoms with Crippen LogP contribution in [0.15, 0.2) is 18.2 Å². The summed E-state index contributed by atoms with van der Waals surface area (Å²) in [6.45, 7) is 6.39.